The van der Waals surface area contributed by atoms with Crippen LogP contribution in [0.25, 0.3) is 0 Å². The van der Waals surface area contributed by atoms with E-state index < -0.39 is 10.0 Å². The first-order valence-corrected chi connectivity index (χ1v) is 13.2. The lowest BCUT2D eigenvalue weighted by molar-refractivity contribution is -0.131. The topological polar surface area (TPSA) is 69.7 Å². The van der Waals surface area contributed by atoms with E-state index in [-0.39, 0.29) is 23.8 Å². The van der Waals surface area contributed by atoms with Gasteiger partial charge in [-0.3, -0.25) is 4.79 Å². The number of nitrogens with zero attached hydrogens (tertiary/aromatic N) is 2. The van der Waals surface area contributed by atoms with E-state index in [9.17, 15) is 13.2 Å². The van der Waals surface area contributed by atoms with Crippen LogP contribution in [0.1, 0.15) is 50.0 Å². The van der Waals surface area contributed by atoms with Crippen LogP contribution < -0.4 is 9.62 Å². The standard InChI is InChI=1S/C25H33N3O3S/c29-25(28-19-17-27(18-20-28)23-9-5-2-6-10-23)15-16-26-32(30,31)24-13-11-22(12-14-24)21-7-3-1-4-8-21/h2,5-6,9-14,21,26H,1,3-4,7-8,15-20H2. The van der Waals surface area contributed by atoms with E-state index in [1.54, 1.807) is 12.1 Å². The lowest BCUT2D eigenvalue weighted by Gasteiger charge is -2.36. The van der Waals surface area contributed by atoms with Gasteiger partial charge in [0.2, 0.25) is 15.9 Å². The smallest absolute Gasteiger partial charge is 0.240 e. The number of carbonyl (C=O) groups excluding carboxylic acids is 1. The number of piperazine rings is 1. The van der Waals surface area contributed by atoms with Gasteiger partial charge in [-0.1, -0.05) is 49.6 Å². The second-order valence-corrected chi connectivity index (χ2v) is 10.5. The Balaban J connectivity index is 1.23. The van der Waals surface area contributed by atoms with Crippen molar-refractivity contribution in [3.63, 3.8) is 0 Å². The molecule has 2 fully saturated rings. The van der Waals surface area contributed by atoms with Crippen LogP contribution in [0, 0.1) is 0 Å². The molecule has 4 rings (SSSR count). The SMILES string of the molecule is O=C(CCNS(=O)(=O)c1ccc(C2CCCCC2)cc1)N1CCN(c2ccccc2)CC1. The minimum atomic E-state index is -3.61. The predicted octanol–water partition coefficient (Wildman–Crippen LogP) is 3.75. The lowest BCUT2D eigenvalue weighted by atomic mass is 9.84. The molecule has 0 atom stereocenters. The molecule has 1 N–H and O–H groups in total. The number of rotatable bonds is 7. The van der Waals surface area contributed by atoms with Crippen molar-refractivity contribution in [1.29, 1.82) is 0 Å². The normalized spacial score (nSPS) is 18.0. The summed E-state index contributed by atoms with van der Waals surface area (Å²) in [4.78, 5) is 16.9. The van der Waals surface area contributed by atoms with Gasteiger partial charge in [-0.15, -0.1) is 0 Å². The van der Waals surface area contributed by atoms with Crippen molar-refractivity contribution in [2.75, 3.05) is 37.6 Å². The van der Waals surface area contributed by atoms with Crippen LogP contribution in [-0.4, -0.2) is 51.9 Å². The van der Waals surface area contributed by atoms with Crippen LogP contribution in [-0.2, 0) is 14.8 Å². The van der Waals surface area contributed by atoms with Crippen LogP contribution in [0.5, 0.6) is 0 Å². The van der Waals surface area contributed by atoms with Gasteiger partial charge in [0.15, 0.2) is 0 Å². The molecule has 2 aromatic carbocycles. The molecule has 0 aromatic heterocycles. The van der Waals surface area contributed by atoms with Crippen molar-refractivity contribution < 1.29 is 13.2 Å². The van der Waals surface area contributed by atoms with Gasteiger partial charge in [0.05, 0.1) is 4.90 Å². The average molecular weight is 456 g/mol. The quantitative estimate of drug-likeness (QED) is 0.690. The van der Waals surface area contributed by atoms with Gasteiger partial charge in [0, 0.05) is 44.8 Å². The van der Waals surface area contributed by atoms with Gasteiger partial charge in [-0.25, -0.2) is 13.1 Å². The molecule has 1 saturated carbocycles. The Morgan fingerprint density at radius 1 is 0.875 bits per heavy atom. The number of sulfonamides is 1. The third-order valence-corrected chi connectivity index (χ3v) is 8.13. The Morgan fingerprint density at radius 3 is 2.19 bits per heavy atom. The molecule has 1 amide bonds. The number of benzene rings is 2. The van der Waals surface area contributed by atoms with Crippen molar-refractivity contribution >= 4 is 21.6 Å². The van der Waals surface area contributed by atoms with E-state index in [4.69, 9.17) is 0 Å². The molecule has 7 heteroatoms. The maximum absolute atomic E-state index is 12.6. The molecule has 6 nitrogen and oxygen atoms in total. The maximum atomic E-state index is 12.6. The van der Waals surface area contributed by atoms with Crippen LogP contribution in [0.3, 0.4) is 0 Å². The monoisotopic (exact) mass is 455 g/mol. The van der Waals surface area contributed by atoms with Crippen molar-refractivity contribution in [3.05, 3.63) is 60.2 Å². The lowest BCUT2D eigenvalue weighted by Crippen LogP contribution is -2.49. The average Bonchev–Trinajstić information content (AvgIpc) is 2.85. The minimum absolute atomic E-state index is 0.00643. The first-order chi connectivity index (χ1) is 15.5. The van der Waals surface area contributed by atoms with Crippen molar-refractivity contribution in [3.8, 4) is 0 Å². The molecule has 0 bridgehead atoms. The minimum Gasteiger partial charge on any atom is -0.368 e. The van der Waals surface area contributed by atoms with E-state index in [1.165, 1.54) is 43.4 Å². The second-order valence-electron chi connectivity index (χ2n) is 8.76. The Kier molecular flexibility index (Phi) is 7.48. The van der Waals surface area contributed by atoms with Gasteiger partial charge >= 0.3 is 0 Å². The van der Waals surface area contributed by atoms with E-state index in [0.717, 1.165) is 13.1 Å². The molecule has 32 heavy (non-hydrogen) atoms. The molecule has 172 valence electrons. The molecule has 1 saturated heterocycles. The number of hydrogen-bond donors (Lipinski definition) is 1. The summed E-state index contributed by atoms with van der Waals surface area (Å²) >= 11 is 0. The zero-order valence-corrected chi connectivity index (χ0v) is 19.4. The van der Waals surface area contributed by atoms with Crippen LogP contribution >= 0.6 is 0 Å². The molecule has 1 aliphatic heterocycles. The number of carbonyl (C=O) groups is 1. The van der Waals surface area contributed by atoms with Gasteiger partial charge in [0.25, 0.3) is 0 Å². The fraction of sp³-hybridized carbons (Fsp3) is 0.480. The number of para-hydroxylation sites is 1. The zero-order valence-electron chi connectivity index (χ0n) is 18.6. The first-order valence-electron chi connectivity index (χ1n) is 11.7. The first kappa shape index (κ1) is 22.8. The molecule has 2 aliphatic rings. The fourth-order valence-corrected chi connectivity index (χ4v) is 5.77. The fourth-order valence-electron chi connectivity index (χ4n) is 4.74. The Labute approximate surface area is 191 Å². The molecule has 2 aromatic rings. The predicted molar refractivity (Wildman–Crippen MR) is 127 cm³/mol. The van der Waals surface area contributed by atoms with Crippen LogP contribution in [0.4, 0.5) is 5.69 Å². The number of nitrogens with one attached hydrogen (secondary N) is 1. The highest BCUT2D eigenvalue weighted by atomic mass is 32.2. The van der Waals surface area contributed by atoms with Gasteiger partial charge in [-0.2, -0.15) is 0 Å². The van der Waals surface area contributed by atoms with Crippen molar-refractivity contribution in [1.82, 2.24) is 9.62 Å². The maximum Gasteiger partial charge on any atom is 0.240 e. The van der Waals surface area contributed by atoms with E-state index >= 15 is 0 Å². The third-order valence-electron chi connectivity index (χ3n) is 6.65. The highest BCUT2D eigenvalue weighted by Crippen LogP contribution is 2.32. The van der Waals surface area contributed by atoms with Gasteiger partial charge < -0.3 is 9.80 Å². The molecule has 0 radical (unpaired) electrons. The summed E-state index contributed by atoms with van der Waals surface area (Å²) in [6, 6.07) is 17.5. The molecule has 0 spiro atoms. The van der Waals surface area contributed by atoms with Crippen LogP contribution in [0.2, 0.25) is 0 Å². The molecule has 0 unspecified atom stereocenters. The number of amides is 1. The van der Waals surface area contributed by atoms with Gasteiger partial charge in [0.1, 0.15) is 0 Å². The highest BCUT2D eigenvalue weighted by molar-refractivity contribution is 7.89. The molecular formula is C25H33N3O3S. The Bertz CT molecular complexity index is 979. The summed E-state index contributed by atoms with van der Waals surface area (Å²) < 4.78 is 27.9. The highest BCUT2D eigenvalue weighted by Gasteiger charge is 2.22. The number of anilines is 1. The number of hydrogen-bond acceptors (Lipinski definition) is 4. The van der Waals surface area contributed by atoms with Crippen molar-refractivity contribution in [2.45, 2.75) is 49.3 Å². The Hall–Kier alpha value is -2.38. The summed E-state index contributed by atoms with van der Waals surface area (Å²) in [6.45, 7) is 3.00. The zero-order chi connectivity index (χ0) is 22.4. The van der Waals surface area contributed by atoms with Crippen LogP contribution in [0.15, 0.2) is 59.5 Å². The second kappa shape index (κ2) is 10.5. The third kappa shape index (κ3) is 5.70. The summed E-state index contributed by atoms with van der Waals surface area (Å²) in [5.74, 6) is 0.543. The largest absolute Gasteiger partial charge is 0.368 e. The van der Waals surface area contributed by atoms with E-state index in [2.05, 4.69) is 21.8 Å². The Morgan fingerprint density at radius 2 is 1.53 bits per heavy atom. The van der Waals surface area contributed by atoms with Crippen molar-refractivity contribution in [2.24, 2.45) is 0 Å². The molecule has 1 heterocycles. The van der Waals surface area contributed by atoms with E-state index in [0.29, 0.717) is 19.0 Å². The van der Waals surface area contributed by atoms with E-state index in [1.807, 2.05) is 35.2 Å². The summed E-state index contributed by atoms with van der Waals surface area (Å²) in [5.41, 5.74) is 2.40. The molecule has 1 aliphatic carbocycles. The molecular weight excluding hydrogens is 422 g/mol. The summed E-state index contributed by atoms with van der Waals surface area (Å²) in [7, 11) is -3.61. The summed E-state index contributed by atoms with van der Waals surface area (Å²) in [5, 5.41) is 0. The summed E-state index contributed by atoms with van der Waals surface area (Å²) in [6.07, 6.45) is 6.35. The van der Waals surface area contributed by atoms with Gasteiger partial charge in [-0.05, 0) is 48.6 Å².